The summed E-state index contributed by atoms with van der Waals surface area (Å²) in [5, 5.41) is 0. The highest BCUT2D eigenvalue weighted by atomic mass is 19.4. The number of ether oxygens (including phenoxy) is 2. The van der Waals surface area contributed by atoms with Crippen molar-refractivity contribution in [2.75, 3.05) is 13.2 Å². The molecule has 1 aromatic rings. The molecule has 0 bridgehead atoms. The van der Waals surface area contributed by atoms with Crippen LogP contribution in [0.15, 0.2) is 65.9 Å². The van der Waals surface area contributed by atoms with E-state index in [1.165, 1.54) is 6.08 Å². The first kappa shape index (κ1) is 22.6. The van der Waals surface area contributed by atoms with Crippen molar-refractivity contribution in [3.05, 3.63) is 66.5 Å². The Labute approximate surface area is 170 Å². The first-order valence-electron chi connectivity index (χ1n) is 9.65. The van der Waals surface area contributed by atoms with Crippen molar-refractivity contribution >= 4 is 11.7 Å². The maximum Gasteiger partial charge on any atom is 0.398 e. The number of para-hydroxylation sites is 1. The van der Waals surface area contributed by atoms with Gasteiger partial charge in [0.25, 0.3) is 6.02 Å². The van der Waals surface area contributed by atoms with Crippen LogP contribution in [0.1, 0.15) is 26.3 Å². The lowest BCUT2D eigenvalue weighted by Crippen LogP contribution is -2.28. The second-order valence-corrected chi connectivity index (χ2v) is 6.31. The van der Waals surface area contributed by atoms with Gasteiger partial charge in [-0.3, -0.25) is 0 Å². The van der Waals surface area contributed by atoms with Crippen molar-refractivity contribution in [1.29, 1.82) is 0 Å². The predicted molar refractivity (Wildman–Crippen MR) is 109 cm³/mol. The summed E-state index contributed by atoms with van der Waals surface area (Å²) in [6.07, 6.45) is 0.221. The predicted octanol–water partition coefficient (Wildman–Crippen LogP) is 5.76. The molecule has 7 heteroatoms. The molecule has 1 aromatic carbocycles. The Balaban J connectivity index is 0.00000145. The van der Waals surface area contributed by atoms with Crippen LogP contribution in [0.5, 0.6) is 0 Å². The first-order chi connectivity index (χ1) is 13.9. The summed E-state index contributed by atoms with van der Waals surface area (Å²) < 4.78 is 49.8. The monoisotopic (exact) mass is 408 g/mol. The van der Waals surface area contributed by atoms with Gasteiger partial charge in [0.1, 0.15) is 12.4 Å². The molecule has 0 aliphatic carbocycles. The van der Waals surface area contributed by atoms with Gasteiger partial charge in [-0.05, 0) is 30.7 Å². The van der Waals surface area contributed by atoms with E-state index in [-0.39, 0.29) is 12.7 Å². The zero-order valence-corrected chi connectivity index (χ0v) is 16.9. The molecule has 3 rings (SSSR count). The lowest BCUT2D eigenvalue weighted by Gasteiger charge is -2.21. The summed E-state index contributed by atoms with van der Waals surface area (Å²) >= 11 is 0. The van der Waals surface area contributed by atoms with Crippen molar-refractivity contribution in [1.82, 2.24) is 4.90 Å². The molecule has 1 fully saturated rings. The minimum atomic E-state index is -4.36. The summed E-state index contributed by atoms with van der Waals surface area (Å²) in [6, 6.07) is 8.42. The van der Waals surface area contributed by atoms with Gasteiger partial charge < -0.3 is 14.4 Å². The van der Waals surface area contributed by atoms with Crippen molar-refractivity contribution in [3.63, 3.8) is 0 Å². The summed E-state index contributed by atoms with van der Waals surface area (Å²) in [5.41, 5.74) is 2.02. The van der Waals surface area contributed by atoms with E-state index in [1.54, 1.807) is 13.0 Å². The molecule has 0 N–H and O–H groups in total. The molecule has 2 heterocycles. The number of hydrogen-bond acceptors (Lipinski definition) is 4. The molecule has 2 unspecified atom stereocenters. The van der Waals surface area contributed by atoms with E-state index >= 15 is 0 Å². The van der Waals surface area contributed by atoms with E-state index in [1.807, 2.05) is 43.0 Å². The topological polar surface area (TPSA) is 34.1 Å². The third-order valence-corrected chi connectivity index (χ3v) is 4.36. The second-order valence-electron chi connectivity index (χ2n) is 6.31. The number of fused-ring (bicyclic) bond motifs is 2. The summed E-state index contributed by atoms with van der Waals surface area (Å²) in [4.78, 5) is 6.53. The Kier molecular flexibility index (Phi) is 7.93. The first-order valence-corrected chi connectivity index (χ1v) is 9.65. The van der Waals surface area contributed by atoms with E-state index in [2.05, 4.69) is 11.6 Å². The fraction of sp³-hybridized carbons (Fsp3) is 0.409. The molecular formula is C22H27F3N2O2. The number of halogens is 3. The highest BCUT2D eigenvalue weighted by Gasteiger charge is 2.35. The Bertz CT molecular complexity index is 785. The van der Waals surface area contributed by atoms with Crippen LogP contribution in [0, 0.1) is 5.92 Å². The van der Waals surface area contributed by atoms with Crippen LogP contribution in [-0.4, -0.2) is 36.4 Å². The molecule has 0 spiro atoms. The lowest BCUT2D eigenvalue weighted by atomic mass is 10.1. The van der Waals surface area contributed by atoms with Crippen LogP contribution < -0.4 is 0 Å². The smallest absolute Gasteiger partial charge is 0.398 e. The molecule has 0 radical (unpaired) electrons. The van der Waals surface area contributed by atoms with E-state index in [9.17, 15) is 13.2 Å². The van der Waals surface area contributed by atoms with Crippen LogP contribution in [0.25, 0.3) is 0 Å². The number of hydrogen-bond donors (Lipinski definition) is 0. The van der Waals surface area contributed by atoms with Crippen LogP contribution in [0.2, 0.25) is 0 Å². The molecule has 2 aliphatic heterocycles. The van der Waals surface area contributed by atoms with E-state index in [0.29, 0.717) is 24.9 Å². The van der Waals surface area contributed by atoms with Crippen LogP contribution in [-0.2, 0) is 16.0 Å². The number of rotatable bonds is 6. The molecule has 1 saturated heterocycles. The Hall–Kier alpha value is -2.70. The number of benzene rings is 1. The van der Waals surface area contributed by atoms with Gasteiger partial charge in [-0.15, -0.1) is 6.58 Å². The maximum atomic E-state index is 12.8. The number of aliphatic imine (C=N–C) groups is 1. The molecule has 4 nitrogen and oxygen atoms in total. The average Bonchev–Trinajstić information content (AvgIpc) is 3.11. The Morgan fingerprint density at radius 2 is 2.10 bits per heavy atom. The largest absolute Gasteiger partial charge is 0.490 e. The molecule has 29 heavy (non-hydrogen) atoms. The Morgan fingerprint density at radius 1 is 1.38 bits per heavy atom. The second kappa shape index (κ2) is 10.2. The molecule has 0 saturated carbocycles. The van der Waals surface area contributed by atoms with Crippen molar-refractivity contribution in [3.8, 4) is 0 Å². The normalized spacial score (nSPS) is 19.4. The minimum absolute atomic E-state index is 0.223. The van der Waals surface area contributed by atoms with Gasteiger partial charge in [0.05, 0.1) is 18.2 Å². The number of alkyl halides is 3. The van der Waals surface area contributed by atoms with Gasteiger partial charge in [0, 0.05) is 6.54 Å². The summed E-state index contributed by atoms with van der Waals surface area (Å²) in [7, 11) is 0. The number of nitrogens with zero attached hydrogens (tertiary/aromatic N) is 2. The maximum absolute atomic E-state index is 12.8. The quantitative estimate of drug-likeness (QED) is 0.341. The highest BCUT2D eigenvalue weighted by Crippen LogP contribution is 2.30. The fourth-order valence-corrected chi connectivity index (χ4v) is 2.90. The zero-order chi connectivity index (χ0) is 21.4. The van der Waals surface area contributed by atoms with Crippen LogP contribution in [0.3, 0.4) is 0 Å². The number of allylic oxidation sites excluding steroid dienone is 4. The molecule has 0 aromatic heterocycles. The molecule has 2 aliphatic rings. The standard InChI is InChI=1S/C20H21F3N2O2.C2H6/c1-3-15(20(21,22)23)9-10-16(4-2)26-13-17-12-25-11-14-7-5-6-8-18(14)24-19(25)27-17;1-2/h3-10,15,17H,1,11-13H2,2H3;1-2H3/b10-9-,16-4+;. The highest BCUT2D eigenvalue weighted by molar-refractivity contribution is 5.81. The number of amidine groups is 1. The SMILES string of the molecule is C=CC(/C=C\C(=C/C)OCC1CN2Cc3ccccc3N=C2O1)C(F)(F)F.CC. The minimum Gasteiger partial charge on any atom is -0.490 e. The summed E-state index contributed by atoms with van der Waals surface area (Å²) in [6.45, 7) is 10.5. The van der Waals surface area contributed by atoms with Gasteiger partial charge in [0.15, 0.2) is 6.10 Å². The molecule has 158 valence electrons. The van der Waals surface area contributed by atoms with Crippen LogP contribution >= 0.6 is 0 Å². The fourth-order valence-electron chi connectivity index (χ4n) is 2.90. The van der Waals surface area contributed by atoms with Gasteiger partial charge in [-0.25, -0.2) is 0 Å². The van der Waals surface area contributed by atoms with E-state index in [4.69, 9.17) is 9.47 Å². The van der Waals surface area contributed by atoms with E-state index < -0.39 is 12.1 Å². The third-order valence-electron chi connectivity index (χ3n) is 4.36. The van der Waals surface area contributed by atoms with Crippen molar-refractivity contribution < 1.29 is 22.6 Å². The molecular weight excluding hydrogens is 381 g/mol. The van der Waals surface area contributed by atoms with Gasteiger partial charge in [-0.1, -0.05) is 44.2 Å². The van der Waals surface area contributed by atoms with Crippen LogP contribution in [0.4, 0.5) is 18.9 Å². The van der Waals surface area contributed by atoms with E-state index in [0.717, 1.165) is 23.4 Å². The Morgan fingerprint density at radius 3 is 2.76 bits per heavy atom. The molecule has 2 atom stereocenters. The van der Waals surface area contributed by atoms with Gasteiger partial charge in [0.2, 0.25) is 0 Å². The van der Waals surface area contributed by atoms with Crippen molar-refractivity contribution in [2.24, 2.45) is 10.9 Å². The van der Waals surface area contributed by atoms with Gasteiger partial charge >= 0.3 is 6.18 Å². The molecule has 0 amide bonds. The zero-order valence-electron chi connectivity index (χ0n) is 16.9. The average molecular weight is 408 g/mol. The third kappa shape index (κ3) is 5.89. The lowest BCUT2D eigenvalue weighted by molar-refractivity contribution is -0.148. The van der Waals surface area contributed by atoms with Crippen molar-refractivity contribution in [2.45, 2.75) is 39.6 Å². The van der Waals surface area contributed by atoms with Gasteiger partial charge in [-0.2, -0.15) is 18.2 Å². The summed E-state index contributed by atoms with van der Waals surface area (Å²) in [5.74, 6) is -1.36.